The molecule has 1 amide bonds. The van der Waals surface area contributed by atoms with Crippen molar-refractivity contribution >= 4 is 38.3 Å². The Kier molecular flexibility index (Phi) is 3.96. The minimum Gasteiger partial charge on any atom is -0.422 e. The van der Waals surface area contributed by atoms with E-state index in [2.05, 4.69) is 5.32 Å². The number of aryl methyl sites for hydroxylation is 1. The van der Waals surface area contributed by atoms with Crippen LogP contribution in [0.1, 0.15) is 15.2 Å². The third-order valence-electron chi connectivity index (χ3n) is 3.35. The van der Waals surface area contributed by atoms with Crippen LogP contribution in [0.2, 0.25) is 0 Å². The van der Waals surface area contributed by atoms with Gasteiger partial charge in [-0.25, -0.2) is 4.79 Å². The average molecular weight is 317 g/mol. The van der Waals surface area contributed by atoms with Gasteiger partial charge in [0.25, 0.3) is 5.91 Å². The molecule has 3 aromatic rings. The molecule has 0 bridgehead atoms. The standard InChI is InChI=1S/C16H15NO4S/c1-9-3-4-12-10(7-9)14-11(16(19)21-12)8-13(22-14)15(18)17-5-6-20-2/h3-4,7-8H,5-6H2,1-2H3,(H,17,18). The Morgan fingerprint density at radius 1 is 1.32 bits per heavy atom. The van der Waals surface area contributed by atoms with Crippen LogP contribution in [0.5, 0.6) is 0 Å². The first kappa shape index (κ1) is 14.7. The van der Waals surface area contributed by atoms with Gasteiger partial charge in [-0.15, -0.1) is 11.3 Å². The van der Waals surface area contributed by atoms with Gasteiger partial charge in [0.15, 0.2) is 0 Å². The number of carbonyl (C=O) groups is 1. The van der Waals surface area contributed by atoms with Gasteiger partial charge >= 0.3 is 5.63 Å². The van der Waals surface area contributed by atoms with Crippen LogP contribution >= 0.6 is 11.3 Å². The van der Waals surface area contributed by atoms with E-state index in [0.717, 1.165) is 15.6 Å². The molecular weight excluding hydrogens is 302 g/mol. The Balaban J connectivity index is 2.10. The summed E-state index contributed by atoms with van der Waals surface area (Å²) in [6, 6.07) is 7.23. The number of methoxy groups -OCH3 is 1. The first-order valence-corrected chi connectivity index (χ1v) is 7.66. The first-order valence-electron chi connectivity index (χ1n) is 6.84. The quantitative estimate of drug-likeness (QED) is 0.593. The van der Waals surface area contributed by atoms with Crippen LogP contribution in [0.15, 0.2) is 33.5 Å². The van der Waals surface area contributed by atoms with Crippen molar-refractivity contribution in [2.75, 3.05) is 20.3 Å². The van der Waals surface area contributed by atoms with E-state index in [-0.39, 0.29) is 5.91 Å². The first-order chi connectivity index (χ1) is 10.6. The second-order valence-electron chi connectivity index (χ2n) is 4.99. The van der Waals surface area contributed by atoms with Crippen LogP contribution in [0.25, 0.3) is 21.1 Å². The Labute approximate surface area is 130 Å². The molecule has 3 rings (SSSR count). The van der Waals surface area contributed by atoms with Crippen molar-refractivity contribution in [3.63, 3.8) is 0 Å². The Hall–Kier alpha value is -2.18. The van der Waals surface area contributed by atoms with Crippen molar-refractivity contribution in [1.82, 2.24) is 5.32 Å². The number of rotatable bonds is 4. The van der Waals surface area contributed by atoms with Gasteiger partial charge in [0.1, 0.15) is 5.58 Å². The smallest absolute Gasteiger partial charge is 0.345 e. The predicted molar refractivity (Wildman–Crippen MR) is 86.8 cm³/mol. The second-order valence-corrected chi connectivity index (χ2v) is 6.04. The number of carbonyl (C=O) groups excluding carboxylic acids is 1. The number of nitrogens with one attached hydrogen (secondary N) is 1. The Bertz CT molecular complexity index is 910. The maximum atomic E-state index is 12.1. The average Bonchev–Trinajstić information content (AvgIpc) is 2.94. The van der Waals surface area contributed by atoms with E-state index in [1.165, 1.54) is 11.3 Å². The molecule has 1 N–H and O–H groups in total. The third kappa shape index (κ3) is 2.63. The predicted octanol–water partition coefficient (Wildman–Crippen LogP) is 2.69. The summed E-state index contributed by atoms with van der Waals surface area (Å²) in [5, 5.41) is 4.05. The number of fused-ring (bicyclic) bond motifs is 3. The highest BCUT2D eigenvalue weighted by atomic mass is 32.1. The highest BCUT2D eigenvalue weighted by Gasteiger charge is 2.15. The van der Waals surface area contributed by atoms with Gasteiger partial charge in [0.05, 0.1) is 21.6 Å². The molecule has 0 unspecified atom stereocenters. The van der Waals surface area contributed by atoms with Crippen LogP contribution in [0, 0.1) is 6.92 Å². The third-order valence-corrected chi connectivity index (χ3v) is 4.52. The van der Waals surface area contributed by atoms with Crippen molar-refractivity contribution < 1.29 is 13.9 Å². The van der Waals surface area contributed by atoms with Gasteiger partial charge in [-0.1, -0.05) is 11.6 Å². The summed E-state index contributed by atoms with van der Waals surface area (Å²) in [5.74, 6) is -0.210. The lowest BCUT2D eigenvalue weighted by molar-refractivity contribution is 0.0941. The fourth-order valence-electron chi connectivity index (χ4n) is 2.27. The second kappa shape index (κ2) is 5.90. The molecule has 0 aliphatic heterocycles. The van der Waals surface area contributed by atoms with Gasteiger partial charge in [0.2, 0.25) is 0 Å². The zero-order valence-electron chi connectivity index (χ0n) is 12.3. The molecule has 22 heavy (non-hydrogen) atoms. The van der Waals surface area contributed by atoms with Crippen molar-refractivity contribution in [2.45, 2.75) is 6.92 Å². The fourth-order valence-corrected chi connectivity index (χ4v) is 3.36. The van der Waals surface area contributed by atoms with Crippen LogP contribution in [0.3, 0.4) is 0 Å². The van der Waals surface area contributed by atoms with E-state index in [4.69, 9.17) is 9.15 Å². The molecule has 0 aliphatic carbocycles. The lowest BCUT2D eigenvalue weighted by Gasteiger charge is -2.01. The molecule has 114 valence electrons. The summed E-state index contributed by atoms with van der Waals surface area (Å²) >= 11 is 1.30. The molecular formula is C16H15NO4S. The van der Waals surface area contributed by atoms with E-state index in [1.54, 1.807) is 19.2 Å². The Morgan fingerprint density at radius 3 is 2.91 bits per heavy atom. The largest absolute Gasteiger partial charge is 0.422 e. The Morgan fingerprint density at radius 2 is 2.14 bits per heavy atom. The van der Waals surface area contributed by atoms with Gasteiger partial charge in [-0.05, 0) is 25.1 Å². The van der Waals surface area contributed by atoms with E-state index < -0.39 is 5.63 Å². The molecule has 0 fully saturated rings. The summed E-state index contributed by atoms with van der Waals surface area (Å²) in [6.45, 7) is 2.85. The summed E-state index contributed by atoms with van der Waals surface area (Å²) in [5.41, 5.74) is 1.19. The number of hydrogen-bond donors (Lipinski definition) is 1. The van der Waals surface area contributed by atoms with Gasteiger partial charge in [-0.2, -0.15) is 0 Å². The lowest BCUT2D eigenvalue weighted by atomic mass is 10.1. The highest BCUT2D eigenvalue weighted by Crippen LogP contribution is 2.31. The van der Waals surface area contributed by atoms with Gasteiger partial charge in [0, 0.05) is 19.0 Å². The number of hydrogen-bond acceptors (Lipinski definition) is 5. The summed E-state index contributed by atoms with van der Waals surface area (Å²) < 4.78 is 11.0. The highest BCUT2D eigenvalue weighted by molar-refractivity contribution is 7.21. The topological polar surface area (TPSA) is 68.5 Å². The van der Waals surface area contributed by atoms with Crippen molar-refractivity contribution in [2.24, 2.45) is 0 Å². The molecule has 0 radical (unpaired) electrons. The molecule has 0 atom stereocenters. The molecule has 0 saturated carbocycles. The number of amides is 1. The molecule has 5 nitrogen and oxygen atoms in total. The molecule has 0 aliphatic rings. The van der Waals surface area contributed by atoms with E-state index >= 15 is 0 Å². The van der Waals surface area contributed by atoms with Crippen molar-refractivity contribution in [3.05, 3.63) is 45.1 Å². The van der Waals surface area contributed by atoms with E-state index in [9.17, 15) is 9.59 Å². The minimum atomic E-state index is -0.418. The lowest BCUT2D eigenvalue weighted by Crippen LogP contribution is -2.26. The number of benzene rings is 1. The summed E-state index contributed by atoms with van der Waals surface area (Å²) in [4.78, 5) is 24.7. The zero-order valence-corrected chi connectivity index (χ0v) is 13.1. The van der Waals surface area contributed by atoms with Gasteiger partial charge in [-0.3, -0.25) is 4.79 Å². The van der Waals surface area contributed by atoms with E-state index in [1.807, 2.05) is 19.1 Å². The minimum absolute atomic E-state index is 0.210. The van der Waals surface area contributed by atoms with Crippen LogP contribution in [0.4, 0.5) is 0 Å². The molecule has 0 spiro atoms. The summed E-state index contributed by atoms with van der Waals surface area (Å²) in [7, 11) is 1.57. The van der Waals surface area contributed by atoms with Crippen LogP contribution in [-0.4, -0.2) is 26.2 Å². The summed E-state index contributed by atoms with van der Waals surface area (Å²) in [6.07, 6.45) is 0. The molecule has 2 aromatic heterocycles. The van der Waals surface area contributed by atoms with Crippen LogP contribution < -0.4 is 10.9 Å². The van der Waals surface area contributed by atoms with Gasteiger partial charge < -0.3 is 14.5 Å². The molecule has 0 saturated heterocycles. The maximum Gasteiger partial charge on any atom is 0.345 e. The van der Waals surface area contributed by atoms with Crippen molar-refractivity contribution in [3.8, 4) is 0 Å². The molecule has 2 heterocycles. The zero-order chi connectivity index (χ0) is 15.7. The molecule has 1 aromatic carbocycles. The normalized spacial score (nSPS) is 11.2. The van der Waals surface area contributed by atoms with E-state index in [0.29, 0.717) is 29.0 Å². The van der Waals surface area contributed by atoms with Crippen molar-refractivity contribution in [1.29, 1.82) is 0 Å². The SMILES string of the molecule is COCCNC(=O)c1cc2c(=O)oc3ccc(C)cc3c2s1. The number of ether oxygens (including phenoxy) is 1. The maximum absolute atomic E-state index is 12.1. The monoisotopic (exact) mass is 317 g/mol. The fraction of sp³-hybridized carbons (Fsp3) is 0.250. The van der Waals surface area contributed by atoms with Crippen LogP contribution in [-0.2, 0) is 4.74 Å². The molecule has 6 heteroatoms. The number of thiophene rings is 1.